The van der Waals surface area contributed by atoms with Crippen LogP contribution in [0.3, 0.4) is 0 Å². The van der Waals surface area contributed by atoms with Crippen molar-refractivity contribution in [2.75, 3.05) is 45.4 Å². The monoisotopic (exact) mass is 210 g/mol. The Bertz CT molecular complexity index is 246. The molecule has 1 heterocycles. The average Bonchev–Trinajstić information content (AvgIpc) is 2.30. The van der Waals surface area contributed by atoms with E-state index in [1.54, 1.807) is 20.4 Å². The Balaban J connectivity index is 2.55. The molecular weight excluding hydrogens is 192 g/mol. The lowest BCUT2D eigenvalue weighted by Gasteiger charge is -2.23. The van der Waals surface area contributed by atoms with E-state index in [0.717, 1.165) is 18.8 Å². The molecule has 4 nitrogen and oxygen atoms in total. The molecule has 1 aromatic rings. The zero-order chi connectivity index (χ0) is 10.9. The van der Waals surface area contributed by atoms with Crippen LogP contribution < -0.4 is 4.90 Å². The number of anilines is 1. The van der Waals surface area contributed by atoms with Gasteiger partial charge < -0.3 is 14.4 Å². The summed E-state index contributed by atoms with van der Waals surface area (Å²) in [5.74, 6) is 0. The molecule has 0 amide bonds. The predicted molar refractivity (Wildman–Crippen MR) is 60.2 cm³/mol. The van der Waals surface area contributed by atoms with Crippen molar-refractivity contribution >= 4 is 5.69 Å². The summed E-state index contributed by atoms with van der Waals surface area (Å²) in [5, 5.41) is 0. The Hall–Kier alpha value is -1.13. The molecular formula is C11H18N2O2. The first-order valence-electron chi connectivity index (χ1n) is 5.01. The third-order valence-corrected chi connectivity index (χ3v) is 2.14. The number of hydrogen-bond acceptors (Lipinski definition) is 4. The van der Waals surface area contributed by atoms with Crippen LogP contribution in [-0.4, -0.2) is 45.5 Å². The molecule has 0 aliphatic heterocycles. The first kappa shape index (κ1) is 11.9. The van der Waals surface area contributed by atoms with Crippen LogP contribution in [0.4, 0.5) is 5.69 Å². The van der Waals surface area contributed by atoms with Crippen LogP contribution in [0.2, 0.25) is 0 Å². The molecule has 0 fully saturated rings. The molecule has 1 rings (SSSR count). The second-order valence-corrected chi connectivity index (χ2v) is 3.18. The fourth-order valence-electron chi connectivity index (χ4n) is 1.31. The zero-order valence-electron chi connectivity index (χ0n) is 9.35. The lowest BCUT2D eigenvalue weighted by atomic mass is 10.3. The van der Waals surface area contributed by atoms with E-state index in [-0.39, 0.29) is 0 Å². The molecule has 84 valence electrons. The minimum atomic E-state index is 0.707. The standard InChI is InChI=1S/C11H18N2O2/c1-14-8-6-13(7-9-15-2)11-4-3-5-12-10-11/h3-5,10H,6-9H2,1-2H3. The van der Waals surface area contributed by atoms with Gasteiger partial charge in [0.2, 0.25) is 0 Å². The Kier molecular flexibility index (Phi) is 5.73. The van der Waals surface area contributed by atoms with E-state index in [1.807, 2.05) is 18.3 Å². The second kappa shape index (κ2) is 7.20. The Labute approximate surface area is 90.8 Å². The van der Waals surface area contributed by atoms with Gasteiger partial charge in [0.25, 0.3) is 0 Å². The van der Waals surface area contributed by atoms with Gasteiger partial charge in [0, 0.05) is 33.5 Å². The molecule has 0 atom stereocenters. The van der Waals surface area contributed by atoms with Gasteiger partial charge in [-0.2, -0.15) is 0 Å². The van der Waals surface area contributed by atoms with E-state index in [1.165, 1.54) is 0 Å². The fourth-order valence-corrected chi connectivity index (χ4v) is 1.31. The summed E-state index contributed by atoms with van der Waals surface area (Å²) in [5.41, 5.74) is 1.10. The summed E-state index contributed by atoms with van der Waals surface area (Å²) in [6.45, 7) is 3.12. The number of hydrogen-bond donors (Lipinski definition) is 0. The third-order valence-electron chi connectivity index (χ3n) is 2.14. The van der Waals surface area contributed by atoms with Crippen molar-refractivity contribution in [2.24, 2.45) is 0 Å². The molecule has 0 bridgehead atoms. The van der Waals surface area contributed by atoms with Gasteiger partial charge in [-0.1, -0.05) is 0 Å². The second-order valence-electron chi connectivity index (χ2n) is 3.18. The van der Waals surface area contributed by atoms with E-state index < -0.39 is 0 Å². The van der Waals surface area contributed by atoms with E-state index >= 15 is 0 Å². The maximum atomic E-state index is 5.07. The number of nitrogens with zero attached hydrogens (tertiary/aromatic N) is 2. The molecule has 0 aliphatic carbocycles. The maximum absolute atomic E-state index is 5.07. The van der Waals surface area contributed by atoms with Crippen LogP contribution in [0.15, 0.2) is 24.5 Å². The average molecular weight is 210 g/mol. The summed E-state index contributed by atoms with van der Waals surface area (Å²) < 4.78 is 10.1. The number of methoxy groups -OCH3 is 2. The van der Waals surface area contributed by atoms with Crippen molar-refractivity contribution in [1.82, 2.24) is 4.98 Å². The summed E-state index contributed by atoms with van der Waals surface area (Å²) in [7, 11) is 3.41. The van der Waals surface area contributed by atoms with E-state index in [2.05, 4.69) is 9.88 Å². The predicted octanol–water partition coefficient (Wildman–Crippen LogP) is 1.18. The molecule has 0 radical (unpaired) electrons. The van der Waals surface area contributed by atoms with Crippen LogP contribution in [0.25, 0.3) is 0 Å². The third kappa shape index (κ3) is 4.27. The van der Waals surface area contributed by atoms with Crippen molar-refractivity contribution in [3.05, 3.63) is 24.5 Å². The van der Waals surface area contributed by atoms with Gasteiger partial charge in [-0.3, -0.25) is 4.98 Å². The molecule has 0 saturated carbocycles. The lowest BCUT2D eigenvalue weighted by molar-refractivity contribution is 0.190. The van der Waals surface area contributed by atoms with E-state index in [9.17, 15) is 0 Å². The number of rotatable bonds is 7. The SMILES string of the molecule is COCCN(CCOC)c1cccnc1. The van der Waals surface area contributed by atoms with Gasteiger partial charge in [0.1, 0.15) is 0 Å². The van der Waals surface area contributed by atoms with Crippen molar-refractivity contribution < 1.29 is 9.47 Å². The fraction of sp³-hybridized carbons (Fsp3) is 0.545. The van der Waals surface area contributed by atoms with Gasteiger partial charge in [-0.05, 0) is 12.1 Å². The molecule has 0 saturated heterocycles. The van der Waals surface area contributed by atoms with Crippen LogP contribution in [0.5, 0.6) is 0 Å². The quantitative estimate of drug-likeness (QED) is 0.677. The molecule has 0 N–H and O–H groups in total. The van der Waals surface area contributed by atoms with Gasteiger partial charge >= 0.3 is 0 Å². The normalized spacial score (nSPS) is 10.3. The smallest absolute Gasteiger partial charge is 0.0637 e. The van der Waals surface area contributed by atoms with Crippen LogP contribution in [0, 0.1) is 0 Å². The Morgan fingerprint density at radius 3 is 2.33 bits per heavy atom. The first-order chi connectivity index (χ1) is 7.38. The maximum Gasteiger partial charge on any atom is 0.0637 e. The summed E-state index contributed by atoms with van der Waals surface area (Å²) in [6, 6.07) is 3.97. The molecule has 15 heavy (non-hydrogen) atoms. The molecule has 0 aliphatic rings. The highest BCUT2D eigenvalue weighted by molar-refractivity contribution is 5.43. The highest BCUT2D eigenvalue weighted by Crippen LogP contribution is 2.10. The lowest BCUT2D eigenvalue weighted by Crippen LogP contribution is -2.30. The van der Waals surface area contributed by atoms with Gasteiger partial charge in [0.05, 0.1) is 25.1 Å². The summed E-state index contributed by atoms with van der Waals surface area (Å²) in [4.78, 5) is 6.29. The van der Waals surface area contributed by atoms with Crippen molar-refractivity contribution in [3.63, 3.8) is 0 Å². The van der Waals surface area contributed by atoms with Crippen LogP contribution in [-0.2, 0) is 9.47 Å². The Morgan fingerprint density at radius 2 is 1.87 bits per heavy atom. The largest absolute Gasteiger partial charge is 0.383 e. The number of aromatic nitrogens is 1. The van der Waals surface area contributed by atoms with Gasteiger partial charge in [0.15, 0.2) is 0 Å². The summed E-state index contributed by atoms with van der Waals surface area (Å²) >= 11 is 0. The highest BCUT2D eigenvalue weighted by Gasteiger charge is 2.05. The number of ether oxygens (including phenoxy) is 2. The van der Waals surface area contributed by atoms with Crippen LogP contribution in [0.1, 0.15) is 0 Å². The van der Waals surface area contributed by atoms with Gasteiger partial charge in [-0.25, -0.2) is 0 Å². The van der Waals surface area contributed by atoms with E-state index in [0.29, 0.717) is 13.2 Å². The number of pyridine rings is 1. The molecule has 0 unspecified atom stereocenters. The highest BCUT2D eigenvalue weighted by atomic mass is 16.5. The molecule has 0 spiro atoms. The molecule has 4 heteroatoms. The van der Waals surface area contributed by atoms with Crippen molar-refractivity contribution in [2.45, 2.75) is 0 Å². The Morgan fingerprint density at radius 1 is 1.20 bits per heavy atom. The first-order valence-corrected chi connectivity index (χ1v) is 5.01. The van der Waals surface area contributed by atoms with Crippen molar-refractivity contribution in [1.29, 1.82) is 0 Å². The molecule has 1 aromatic heterocycles. The zero-order valence-corrected chi connectivity index (χ0v) is 9.35. The minimum absolute atomic E-state index is 0.707. The van der Waals surface area contributed by atoms with Crippen molar-refractivity contribution in [3.8, 4) is 0 Å². The molecule has 0 aromatic carbocycles. The minimum Gasteiger partial charge on any atom is -0.383 e. The topological polar surface area (TPSA) is 34.6 Å². The van der Waals surface area contributed by atoms with E-state index in [4.69, 9.17) is 9.47 Å². The summed E-state index contributed by atoms with van der Waals surface area (Å²) in [6.07, 6.45) is 3.62. The van der Waals surface area contributed by atoms with Crippen LogP contribution >= 0.6 is 0 Å². The van der Waals surface area contributed by atoms with Gasteiger partial charge in [-0.15, -0.1) is 0 Å².